The third-order valence-electron chi connectivity index (χ3n) is 3.69. The summed E-state index contributed by atoms with van der Waals surface area (Å²) in [5.74, 6) is 1.02. The summed E-state index contributed by atoms with van der Waals surface area (Å²) in [6, 6.07) is 9.69. The molecule has 0 aliphatic carbocycles. The first-order valence-electron chi connectivity index (χ1n) is 7.12. The van der Waals surface area contributed by atoms with Crippen LogP contribution < -0.4 is 10.2 Å². The summed E-state index contributed by atoms with van der Waals surface area (Å²) in [6.07, 6.45) is 4.30. The summed E-state index contributed by atoms with van der Waals surface area (Å²) in [5, 5.41) is 4.62. The van der Waals surface area contributed by atoms with Gasteiger partial charge in [0.05, 0.1) is 15.7 Å². The summed E-state index contributed by atoms with van der Waals surface area (Å²) in [7, 11) is 0. The molecule has 1 aromatic carbocycles. The standard InChI is InChI=1S/C16H17Cl2N3/c17-13-6-3-5-12(15(13)18)11-20-14-7-4-8-19-16(14)21-9-1-2-10-21/h3-8,20H,1-2,9-11H2. The Morgan fingerprint density at radius 3 is 2.71 bits per heavy atom. The van der Waals surface area contributed by atoms with Crippen LogP contribution >= 0.6 is 23.2 Å². The maximum Gasteiger partial charge on any atom is 0.151 e. The monoisotopic (exact) mass is 321 g/mol. The molecule has 21 heavy (non-hydrogen) atoms. The SMILES string of the molecule is Clc1cccc(CNc2cccnc2N2CCCC2)c1Cl. The molecule has 1 aliphatic heterocycles. The molecule has 0 spiro atoms. The molecule has 110 valence electrons. The third kappa shape index (κ3) is 3.25. The van der Waals surface area contributed by atoms with Crippen molar-refractivity contribution in [1.29, 1.82) is 0 Å². The Labute approximate surface area is 134 Å². The largest absolute Gasteiger partial charge is 0.378 e. The number of anilines is 2. The van der Waals surface area contributed by atoms with Crippen molar-refractivity contribution < 1.29 is 0 Å². The predicted molar refractivity (Wildman–Crippen MR) is 89.5 cm³/mol. The van der Waals surface area contributed by atoms with Crippen molar-refractivity contribution in [3.63, 3.8) is 0 Å². The number of nitrogens with one attached hydrogen (secondary N) is 1. The molecule has 0 unspecified atom stereocenters. The van der Waals surface area contributed by atoms with Crippen LogP contribution in [0.5, 0.6) is 0 Å². The average Bonchev–Trinajstić information content (AvgIpc) is 3.03. The molecule has 0 saturated carbocycles. The summed E-state index contributed by atoms with van der Waals surface area (Å²) in [4.78, 5) is 6.84. The van der Waals surface area contributed by atoms with E-state index in [9.17, 15) is 0 Å². The number of nitrogens with zero attached hydrogens (tertiary/aromatic N) is 2. The number of hydrogen-bond donors (Lipinski definition) is 1. The molecule has 1 N–H and O–H groups in total. The highest BCUT2D eigenvalue weighted by Crippen LogP contribution is 2.29. The van der Waals surface area contributed by atoms with Crippen molar-refractivity contribution in [2.24, 2.45) is 0 Å². The number of benzene rings is 1. The zero-order valence-corrected chi connectivity index (χ0v) is 13.2. The van der Waals surface area contributed by atoms with Crippen LogP contribution in [-0.4, -0.2) is 18.1 Å². The summed E-state index contributed by atoms with van der Waals surface area (Å²) < 4.78 is 0. The first-order valence-corrected chi connectivity index (χ1v) is 7.88. The Hall–Kier alpha value is -1.45. The van der Waals surface area contributed by atoms with E-state index < -0.39 is 0 Å². The van der Waals surface area contributed by atoms with Gasteiger partial charge in [0.25, 0.3) is 0 Å². The Bertz CT molecular complexity index is 625. The minimum atomic E-state index is 0.585. The third-order valence-corrected chi connectivity index (χ3v) is 4.55. The van der Waals surface area contributed by atoms with E-state index in [0.29, 0.717) is 16.6 Å². The van der Waals surface area contributed by atoms with Gasteiger partial charge in [-0.1, -0.05) is 35.3 Å². The molecule has 0 amide bonds. The molecule has 1 fully saturated rings. The van der Waals surface area contributed by atoms with Crippen LogP contribution in [0.1, 0.15) is 18.4 Å². The molecular formula is C16H17Cl2N3. The number of hydrogen-bond acceptors (Lipinski definition) is 3. The van der Waals surface area contributed by atoms with Crippen LogP contribution in [0, 0.1) is 0 Å². The topological polar surface area (TPSA) is 28.2 Å². The van der Waals surface area contributed by atoms with Crippen LogP contribution in [0.4, 0.5) is 11.5 Å². The van der Waals surface area contributed by atoms with Gasteiger partial charge in [0, 0.05) is 25.8 Å². The van der Waals surface area contributed by atoms with Crippen LogP contribution in [0.15, 0.2) is 36.5 Å². The zero-order chi connectivity index (χ0) is 14.7. The van der Waals surface area contributed by atoms with E-state index in [1.54, 1.807) is 6.07 Å². The van der Waals surface area contributed by atoms with Crippen molar-refractivity contribution in [3.05, 3.63) is 52.1 Å². The molecule has 2 aromatic rings. The molecule has 0 atom stereocenters. The van der Waals surface area contributed by atoms with E-state index in [4.69, 9.17) is 23.2 Å². The molecule has 0 bridgehead atoms. The Kier molecular flexibility index (Phi) is 4.51. The summed E-state index contributed by atoms with van der Waals surface area (Å²) in [6.45, 7) is 2.78. The zero-order valence-electron chi connectivity index (χ0n) is 11.6. The number of aromatic nitrogens is 1. The Morgan fingerprint density at radius 1 is 1.10 bits per heavy atom. The van der Waals surface area contributed by atoms with Gasteiger partial charge in [-0.3, -0.25) is 0 Å². The van der Waals surface area contributed by atoms with Gasteiger partial charge in [0.1, 0.15) is 0 Å². The van der Waals surface area contributed by atoms with Gasteiger partial charge < -0.3 is 10.2 Å². The van der Waals surface area contributed by atoms with Crippen molar-refractivity contribution >= 4 is 34.7 Å². The van der Waals surface area contributed by atoms with E-state index in [1.807, 2.05) is 24.4 Å². The van der Waals surface area contributed by atoms with Gasteiger partial charge in [-0.2, -0.15) is 0 Å². The normalized spacial score (nSPS) is 14.5. The van der Waals surface area contributed by atoms with Crippen LogP contribution in [-0.2, 0) is 6.54 Å². The van der Waals surface area contributed by atoms with E-state index in [-0.39, 0.29) is 0 Å². The van der Waals surface area contributed by atoms with E-state index >= 15 is 0 Å². The van der Waals surface area contributed by atoms with Crippen molar-refractivity contribution in [2.75, 3.05) is 23.3 Å². The number of halogens is 2. The van der Waals surface area contributed by atoms with E-state index in [0.717, 1.165) is 30.2 Å². The number of pyridine rings is 1. The first-order chi connectivity index (χ1) is 10.3. The van der Waals surface area contributed by atoms with Crippen LogP contribution in [0.3, 0.4) is 0 Å². The number of rotatable bonds is 4. The highest BCUT2D eigenvalue weighted by Gasteiger charge is 2.16. The maximum absolute atomic E-state index is 6.23. The molecule has 1 saturated heterocycles. The average molecular weight is 322 g/mol. The van der Waals surface area contributed by atoms with Gasteiger partial charge in [0.15, 0.2) is 5.82 Å². The van der Waals surface area contributed by atoms with Crippen molar-refractivity contribution in [2.45, 2.75) is 19.4 Å². The highest BCUT2D eigenvalue weighted by molar-refractivity contribution is 6.42. The first kappa shape index (κ1) is 14.5. The fraction of sp³-hybridized carbons (Fsp3) is 0.312. The highest BCUT2D eigenvalue weighted by atomic mass is 35.5. The van der Waals surface area contributed by atoms with Gasteiger partial charge in [0.2, 0.25) is 0 Å². The maximum atomic E-state index is 6.23. The second kappa shape index (κ2) is 6.54. The van der Waals surface area contributed by atoms with E-state index in [2.05, 4.69) is 21.3 Å². The molecule has 1 aliphatic rings. The van der Waals surface area contributed by atoms with E-state index in [1.165, 1.54) is 12.8 Å². The molecule has 5 heteroatoms. The van der Waals surface area contributed by atoms with Gasteiger partial charge in [-0.15, -0.1) is 0 Å². The minimum absolute atomic E-state index is 0.585. The lowest BCUT2D eigenvalue weighted by Gasteiger charge is -2.20. The molecule has 1 aromatic heterocycles. The second-order valence-electron chi connectivity index (χ2n) is 5.14. The smallest absolute Gasteiger partial charge is 0.151 e. The minimum Gasteiger partial charge on any atom is -0.378 e. The van der Waals surface area contributed by atoms with Gasteiger partial charge >= 0.3 is 0 Å². The van der Waals surface area contributed by atoms with Crippen LogP contribution in [0.2, 0.25) is 10.0 Å². The quantitative estimate of drug-likeness (QED) is 0.891. The lowest BCUT2D eigenvalue weighted by atomic mass is 10.2. The second-order valence-corrected chi connectivity index (χ2v) is 5.92. The predicted octanol–water partition coefficient (Wildman–Crippen LogP) is 4.60. The van der Waals surface area contributed by atoms with Crippen LogP contribution in [0.25, 0.3) is 0 Å². The van der Waals surface area contributed by atoms with Crippen molar-refractivity contribution in [3.8, 4) is 0 Å². The molecule has 3 nitrogen and oxygen atoms in total. The fourth-order valence-corrected chi connectivity index (χ4v) is 2.98. The van der Waals surface area contributed by atoms with Gasteiger partial charge in [-0.05, 0) is 36.6 Å². The Balaban J connectivity index is 1.77. The fourth-order valence-electron chi connectivity index (χ4n) is 2.59. The molecule has 3 rings (SSSR count). The van der Waals surface area contributed by atoms with Crippen molar-refractivity contribution in [1.82, 2.24) is 4.98 Å². The molecular weight excluding hydrogens is 305 g/mol. The lowest BCUT2D eigenvalue weighted by Crippen LogP contribution is -2.20. The molecule has 0 radical (unpaired) electrons. The lowest BCUT2D eigenvalue weighted by molar-refractivity contribution is 0.935. The summed E-state index contributed by atoms with van der Waals surface area (Å²) in [5.41, 5.74) is 2.02. The molecule has 2 heterocycles. The van der Waals surface area contributed by atoms with Gasteiger partial charge in [-0.25, -0.2) is 4.98 Å². The Morgan fingerprint density at radius 2 is 1.90 bits per heavy atom. The summed E-state index contributed by atoms with van der Waals surface area (Å²) >= 11 is 12.3.